The zero-order valence-electron chi connectivity index (χ0n) is 4.62. The fourth-order valence-corrected chi connectivity index (χ4v) is 0.316. The maximum atomic E-state index is 10.1. The zero-order chi connectivity index (χ0) is 5.11. The summed E-state index contributed by atoms with van der Waals surface area (Å²) >= 11 is 0. The largest absolute Gasteiger partial charge is 0.711 e. The maximum Gasteiger partial charge on any atom is 0.289 e. The van der Waals surface area contributed by atoms with Crippen molar-refractivity contribution in [1.29, 1.82) is 0 Å². The molecule has 0 aliphatic carbocycles. The molecule has 0 saturated heterocycles. The van der Waals surface area contributed by atoms with Crippen molar-refractivity contribution in [2.75, 3.05) is 0 Å². The molecule has 5 heteroatoms. The molecule has 9 heavy (non-hydrogen) atoms. The predicted octanol–water partition coefficient (Wildman–Crippen LogP) is -0.290. The Morgan fingerprint density at radius 2 is 2.11 bits per heavy atom. The first-order chi connectivity index (χ1) is 3.39. The molecule has 0 N–H and O–H groups in total. The van der Waals surface area contributed by atoms with Crippen LogP contribution in [0.4, 0.5) is 0 Å². The van der Waals surface area contributed by atoms with Crippen molar-refractivity contribution in [2.24, 2.45) is 0 Å². The maximum absolute atomic E-state index is 10.1. The molecule has 1 heterocycles. The van der Waals surface area contributed by atoms with Crippen LogP contribution in [0.25, 0.3) is 0 Å². The molecule has 0 aliphatic rings. The Labute approximate surface area is 76.3 Å². The number of nitrogens with zero attached hydrogens (tertiary/aromatic N) is 2. The van der Waals surface area contributed by atoms with Crippen LogP contribution < -0.4 is 4.73 Å². The fourth-order valence-electron chi connectivity index (χ4n) is 0.316. The van der Waals surface area contributed by atoms with E-state index < -0.39 is 0 Å². The first-order valence-corrected chi connectivity index (χ1v) is 1.88. The Morgan fingerprint density at radius 1 is 1.44 bits per heavy atom. The average Bonchev–Trinajstić information content (AvgIpc) is 1.69. The summed E-state index contributed by atoms with van der Waals surface area (Å²) in [5.74, 6) is 0. The van der Waals surface area contributed by atoms with Crippen LogP contribution in [0, 0.1) is 5.21 Å². The minimum Gasteiger partial charge on any atom is -0.711 e. The van der Waals surface area contributed by atoms with Gasteiger partial charge in [0, 0.05) is 42.6 Å². The summed E-state index contributed by atoms with van der Waals surface area (Å²) in [5, 5.41) is 10.1. The Kier molecular flexibility index (Phi) is 8.04. The van der Waals surface area contributed by atoms with Crippen molar-refractivity contribution in [1.82, 2.24) is 4.98 Å². The van der Waals surface area contributed by atoms with Gasteiger partial charge < -0.3 is 5.21 Å². The van der Waals surface area contributed by atoms with E-state index in [0.717, 1.165) is 0 Å². The van der Waals surface area contributed by atoms with Crippen LogP contribution in [0.15, 0.2) is 24.8 Å². The van der Waals surface area contributed by atoms with Crippen LogP contribution in [0.3, 0.4) is 0 Å². The van der Waals surface area contributed by atoms with Crippen LogP contribution in [0.5, 0.6) is 0 Å². The van der Waals surface area contributed by atoms with Crippen LogP contribution in [0.2, 0.25) is 0 Å². The second kappa shape index (κ2) is 6.15. The third-order valence-electron chi connectivity index (χ3n) is 0.586. The topological polar surface area (TPSA) is 39.8 Å². The van der Waals surface area contributed by atoms with Crippen molar-refractivity contribution in [3.63, 3.8) is 0 Å². The van der Waals surface area contributed by atoms with Crippen LogP contribution >= 0.6 is 0 Å². The van der Waals surface area contributed by atoms with Gasteiger partial charge in [0.1, 0.15) is 6.20 Å². The van der Waals surface area contributed by atoms with Crippen LogP contribution in [-0.4, -0.2) is 4.98 Å². The SMILES string of the molecule is [Cu].[O-][n+]1cccnc1.[Zn]. The number of aromatic nitrogens is 2. The summed E-state index contributed by atoms with van der Waals surface area (Å²) in [6.07, 6.45) is 4.13. The van der Waals surface area contributed by atoms with E-state index in [-0.39, 0.29) is 36.5 Å². The average molecular weight is 225 g/mol. The van der Waals surface area contributed by atoms with Gasteiger partial charge in [-0.15, -0.1) is 0 Å². The van der Waals surface area contributed by atoms with Gasteiger partial charge in [-0.3, -0.25) is 0 Å². The quantitative estimate of drug-likeness (QED) is 0.346. The molecule has 1 aromatic rings. The number of hydrogen-bond donors (Lipinski definition) is 0. The van der Waals surface area contributed by atoms with Crippen LogP contribution in [0.1, 0.15) is 0 Å². The molecule has 3 nitrogen and oxygen atoms in total. The standard InChI is InChI=1S/C4H4N2O.Cu.Zn/c7-6-3-1-2-5-4-6;;/h1-4H;;. The van der Waals surface area contributed by atoms with Crippen LogP contribution in [-0.2, 0) is 36.5 Å². The van der Waals surface area contributed by atoms with Crippen molar-refractivity contribution >= 4 is 0 Å². The Hall–Kier alpha value is 0.0229. The predicted molar refractivity (Wildman–Crippen MR) is 23.2 cm³/mol. The molecular weight excluding hydrogens is 221 g/mol. The molecule has 1 aromatic heterocycles. The normalized spacial score (nSPS) is 6.67. The summed E-state index contributed by atoms with van der Waals surface area (Å²) in [7, 11) is 0. The van der Waals surface area contributed by atoms with Gasteiger partial charge in [0.2, 0.25) is 0 Å². The Morgan fingerprint density at radius 3 is 2.33 bits per heavy atom. The molecule has 0 atom stereocenters. The molecule has 0 bridgehead atoms. The van der Waals surface area contributed by atoms with Gasteiger partial charge in [-0.25, -0.2) is 4.73 Å². The van der Waals surface area contributed by atoms with Gasteiger partial charge in [0.15, 0.2) is 0 Å². The Balaban J connectivity index is 0. The van der Waals surface area contributed by atoms with E-state index >= 15 is 0 Å². The molecule has 0 saturated carbocycles. The van der Waals surface area contributed by atoms with Gasteiger partial charge in [0.05, 0.1) is 6.20 Å². The monoisotopic (exact) mass is 223 g/mol. The van der Waals surface area contributed by atoms with Gasteiger partial charge in [-0.2, -0.15) is 0 Å². The number of hydrogen-bond acceptors (Lipinski definition) is 2. The molecular formula is C4H4CuN2OZn. The molecule has 0 fully saturated rings. The number of rotatable bonds is 0. The van der Waals surface area contributed by atoms with E-state index in [9.17, 15) is 5.21 Å². The van der Waals surface area contributed by atoms with Gasteiger partial charge >= 0.3 is 0 Å². The van der Waals surface area contributed by atoms with E-state index in [1.165, 1.54) is 12.5 Å². The van der Waals surface area contributed by atoms with Gasteiger partial charge in [-0.1, -0.05) is 4.98 Å². The van der Waals surface area contributed by atoms with Crippen molar-refractivity contribution in [3.8, 4) is 0 Å². The molecule has 0 spiro atoms. The minimum absolute atomic E-state index is 0. The molecule has 49 valence electrons. The van der Waals surface area contributed by atoms with E-state index in [2.05, 4.69) is 4.98 Å². The summed E-state index contributed by atoms with van der Waals surface area (Å²) < 4.78 is 0.639. The van der Waals surface area contributed by atoms with Crippen molar-refractivity contribution < 1.29 is 41.3 Å². The smallest absolute Gasteiger partial charge is 0.289 e. The molecule has 0 unspecified atom stereocenters. The second-order valence-electron chi connectivity index (χ2n) is 1.12. The molecule has 0 amide bonds. The van der Waals surface area contributed by atoms with E-state index in [1.54, 1.807) is 12.3 Å². The van der Waals surface area contributed by atoms with Gasteiger partial charge in [-0.05, 0) is 0 Å². The summed E-state index contributed by atoms with van der Waals surface area (Å²) in [6.45, 7) is 0. The van der Waals surface area contributed by atoms with E-state index in [0.29, 0.717) is 4.73 Å². The first kappa shape index (κ1) is 11.8. The minimum atomic E-state index is 0. The zero-order valence-corrected chi connectivity index (χ0v) is 8.53. The third-order valence-corrected chi connectivity index (χ3v) is 0.586. The summed E-state index contributed by atoms with van der Waals surface area (Å²) in [6, 6.07) is 1.58. The van der Waals surface area contributed by atoms with Gasteiger partial charge in [0.25, 0.3) is 6.33 Å². The summed E-state index contributed by atoms with van der Waals surface area (Å²) in [4.78, 5) is 3.53. The molecule has 0 aliphatic heterocycles. The summed E-state index contributed by atoms with van der Waals surface area (Å²) in [5.41, 5.74) is 0. The molecule has 1 rings (SSSR count). The van der Waals surface area contributed by atoms with Crippen molar-refractivity contribution in [2.45, 2.75) is 0 Å². The second-order valence-corrected chi connectivity index (χ2v) is 1.12. The Bertz CT molecular complexity index is 148. The molecule has 0 aromatic carbocycles. The van der Waals surface area contributed by atoms with Crippen molar-refractivity contribution in [3.05, 3.63) is 30.0 Å². The first-order valence-electron chi connectivity index (χ1n) is 1.88. The van der Waals surface area contributed by atoms with E-state index in [4.69, 9.17) is 0 Å². The third kappa shape index (κ3) is 4.52. The fraction of sp³-hybridized carbons (Fsp3) is 0. The van der Waals surface area contributed by atoms with E-state index in [1.807, 2.05) is 0 Å². The molecule has 1 radical (unpaired) electrons.